The Morgan fingerprint density at radius 3 is 2.27 bits per heavy atom. The lowest BCUT2D eigenvalue weighted by Gasteiger charge is -2.05. The molecule has 0 fully saturated rings. The molecule has 0 radical (unpaired) electrons. The number of hydrogen-bond donors (Lipinski definition) is 0. The number of hydrogen-bond acceptors (Lipinski definition) is 2. The van der Waals surface area contributed by atoms with Crippen LogP contribution in [-0.4, -0.2) is 4.57 Å². The number of aryl methyl sites for hydroxylation is 1. The smallest absolute Gasteiger partial charge is 0.166 e. The number of nitrogens with zero attached hydrogens (tertiary/aromatic N) is 1. The van der Waals surface area contributed by atoms with E-state index in [1.54, 1.807) is 11.3 Å². The van der Waals surface area contributed by atoms with Crippen LogP contribution < -0.4 is 0 Å². The van der Waals surface area contributed by atoms with E-state index in [2.05, 4.69) is 46.5 Å². The molecule has 15 heavy (non-hydrogen) atoms. The second-order valence-electron chi connectivity index (χ2n) is 3.32. The summed E-state index contributed by atoms with van der Waals surface area (Å²) in [4.78, 5) is 1.28. The molecular weight excluding hydrogens is 290 g/mol. The van der Waals surface area contributed by atoms with Crippen LogP contribution >= 0.6 is 39.5 Å². The van der Waals surface area contributed by atoms with Crippen molar-refractivity contribution in [3.8, 4) is 5.69 Å². The normalized spacial score (nSPS) is 10.6. The molecule has 0 aliphatic heterocycles. The summed E-state index contributed by atoms with van der Waals surface area (Å²) in [6.07, 6.45) is 0. The van der Waals surface area contributed by atoms with Crippen LogP contribution in [0.2, 0.25) is 0 Å². The number of thiazole rings is 1. The Bertz CT molecular complexity index is 537. The van der Waals surface area contributed by atoms with E-state index in [4.69, 9.17) is 12.2 Å². The van der Waals surface area contributed by atoms with Crippen LogP contribution in [0.15, 0.2) is 28.7 Å². The first-order valence-corrected chi connectivity index (χ1v) is 6.56. The number of aromatic nitrogens is 1. The summed E-state index contributed by atoms with van der Waals surface area (Å²) in [6.45, 7) is 4.20. The van der Waals surface area contributed by atoms with Gasteiger partial charge in [-0.2, -0.15) is 0 Å². The second-order valence-corrected chi connectivity index (χ2v) is 6.09. The van der Waals surface area contributed by atoms with Gasteiger partial charge >= 0.3 is 0 Å². The fourth-order valence-corrected chi connectivity index (χ4v) is 3.15. The molecule has 4 heteroatoms. The summed E-state index contributed by atoms with van der Waals surface area (Å²) in [5, 5.41) is 0. The minimum absolute atomic E-state index is 0.910. The zero-order valence-corrected chi connectivity index (χ0v) is 11.7. The summed E-state index contributed by atoms with van der Waals surface area (Å²) < 4.78 is 4.11. The van der Waals surface area contributed by atoms with Gasteiger partial charge in [0.05, 0.1) is 0 Å². The van der Waals surface area contributed by atoms with E-state index in [0.717, 1.165) is 14.1 Å². The predicted octanol–water partition coefficient (Wildman–Crippen LogP) is 4.65. The van der Waals surface area contributed by atoms with E-state index < -0.39 is 0 Å². The monoisotopic (exact) mass is 299 g/mol. The largest absolute Gasteiger partial charge is 0.296 e. The van der Waals surface area contributed by atoms with Crippen LogP contribution in [0, 0.1) is 17.8 Å². The lowest BCUT2D eigenvalue weighted by Crippen LogP contribution is -1.96. The Balaban J connectivity index is 2.64. The quantitative estimate of drug-likeness (QED) is 0.694. The molecule has 78 valence electrons. The van der Waals surface area contributed by atoms with Gasteiger partial charge in [0.1, 0.15) is 0 Å². The summed E-state index contributed by atoms with van der Waals surface area (Å²) in [6, 6.07) is 8.20. The van der Waals surface area contributed by atoms with Crippen LogP contribution in [-0.2, 0) is 0 Å². The first-order chi connectivity index (χ1) is 7.09. The molecule has 2 aromatic rings. The van der Waals surface area contributed by atoms with Gasteiger partial charge in [0, 0.05) is 20.7 Å². The molecular formula is C11H10BrNS2. The van der Waals surface area contributed by atoms with Crippen molar-refractivity contribution in [2.45, 2.75) is 13.8 Å². The predicted molar refractivity (Wildman–Crippen MR) is 71.7 cm³/mol. The SMILES string of the molecule is Cc1sc(=S)n(-c2ccc(Br)cc2)c1C. The standard InChI is InChI=1S/C11H10BrNS2/c1-7-8(2)15-11(14)13(7)10-5-3-9(12)4-6-10/h3-6H,1-2H3. The molecule has 0 saturated heterocycles. The molecule has 1 aromatic carbocycles. The third-order valence-electron chi connectivity index (χ3n) is 2.35. The topological polar surface area (TPSA) is 4.93 Å². The van der Waals surface area contributed by atoms with E-state index >= 15 is 0 Å². The lowest BCUT2D eigenvalue weighted by molar-refractivity contribution is 0.994. The van der Waals surface area contributed by atoms with Gasteiger partial charge in [-0.1, -0.05) is 15.9 Å². The maximum atomic E-state index is 5.34. The fraction of sp³-hybridized carbons (Fsp3) is 0.182. The van der Waals surface area contributed by atoms with Crippen molar-refractivity contribution in [1.82, 2.24) is 4.57 Å². The maximum Gasteiger partial charge on any atom is 0.166 e. The van der Waals surface area contributed by atoms with Crippen molar-refractivity contribution in [1.29, 1.82) is 0 Å². The first kappa shape index (κ1) is 11.0. The van der Waals surface area contributed by atoms with Crippen molar-refractivity contribution >= 4 is 39.5 Å². The van der Waals surface area contributed by atoms with Crippen LogP contribution in [0.4, 0.5) is 0 Å². The minimum Gasteiger partial charge on any atom is -0.296 e. The highest BCUT2D eigenvalue weighted by Crippen LogP contribution is 2.23. The molecule has 0 aliphatic carbocycles. The molecule has 0 amide bonds. The van der Waals surface area contributed by atoms with Gasteiger partial charge < -0.3 is 0 Å². The molecule has 0 aliphatic rings. The molecule has 0 bridgehead atoms. The average Bonchev–Trinajstić information content (AvgIpc) is 2.44. The van der Waals surface area contributed by atoms with E-state index in [-0.39, 0.29) is 0 Å². The highest BCUT2D eigenvalue weighted by molar-refractivity contribution is 9.10. The minimum atomic E-state index is 0.910. The molecule has 2 rings (SSSR count). The summed E-state index contributed by atoms with van der Waals surface area (Å²) in [7, 11) is 0. The molecule has 0 N–H and O–H groups in total. The molecule has 1 aromatic heterocycles. The number of halogens is 1. The van der Waals surface area contributed by atoms with Gasteiger partial charge in [-0.05, 0) is 50.3 Å². The highest BCUT2D eigenvalue weighted by atomic mass is 79.9. The van der Waals surface area contributed by atoms with Crippen molar-refractivity contribution in [3.63, 3.8) is 0 Å². The van der Waals surface area contributed by atoms with Crippen LogP contribution in [0.1, 0.15) is 10.6 Å². The van der Waals surface area contributed by atoms with Crippen LogP contribution in [0.5, 0.6) is 0 Å². The Morgan fingerprint density at radius 1 is 1.20 bits per heavy atom. The second kappa shape index (κ2) is 4.20. The molecule has 0 spiro atoms. The third kappa shape index (κ3) is 2.07. The summed E-state index contributed by atoms with van der Waals surface area (Å²) >= 11 is 10.4. The van der Waals surface area contributed by atoms with E-state index in [1.165, 1.54) is 10.6 Å². The van der Waals surface area contributed by atoms with Gasteiger partial charge in [-0.25, -0.2) is 0 Å². The fourth-order valence-electron chi connectivity index (χ4n) is 1.43. The number of benzene rings is 1. The van der Waals surface area contributed by atoms with Crippen molar-refractivity contribution in [2.24, 2.45) is 0 Å². The zero-order chi connectivity index (χ0) is 11.0. The van der Waals surface area contributed by atoms with Gasteiger partial charge in [0.2, 0.25) is 0 Å². The van der Waals surface area contributed by atoms with Gasteiger partial charge in [-0.3, -0.25) is 4.57 Å². The first-order valence-electron chi connectivity index (χ1n) is 4.54. The van der Waals surface area contributed by atoms with Crippen molar-refractivity contribution in [3.05, 3.63) is 43.3 Å². The van der Waals surface area contributed by atoms with Crippen molar-refractivity contribution in [2.75, 3.05) is 0 Å². The molecule has 0 atom stereocenters. The Kier molecular flexibility index (Phi) is 3.09. The lowest BCUT2D eigenvalue weighted by atomic mass is 10.3. The molecule has 0 unspecified atom stereocenters. The van der Waals surface area contributed by atoms with E-state index in [0.29, 0.717) is 0 Å². The van der Waals surface area contributed by atoms with Gasteiger partial charge in [0.25, 0.3) is 0 Å². The van der Waals surface area contributed by atoms with E-state index in [9.17, 15) is 0 Å². The zero-order valence-electron chi connectivity index (χ0n) is 8.45. The van der Waals surface area contributed by atoms with E-state index in [1.807, 2.05) is 12.1 Å². The highest BCUT2D eigenvalue weighted by Gasteiger charge is 2.06. The van der Waals surface area contributed by atoms with Crippen LogP contribution in [0.3, 0.4) is 0 Å². The Morgan fingerprint density at radius 2 is 1.80 bits per heavy atom. The Labute approximate surface area is 107 Å². The van der Waals surface area contributed by atoms with Crippen LogP contribution in [0.25, 0.3) is 5.69 Å². The average molecular weight is 300 g/mol. The molecule has 1 heterocycles. The summed E-state index contributed by atoms with van der Waals surface area (Å²) in [5.41, 5.74) is 2.36. The molecule has 1 nitrogen and oxygen atoms in total. The van der Waals surface area contributed by atoms with Gasteiger partial charge in [0.15, 0.2) is 3.95 Å². The number of rotatable bonds is 1. The van der Waals surface area contributed by atoms with Crippen molar-refractivity contribution < 1.29 is 0 Å². The van der Waals surface area contributed by atoms with Gasteiger partial charge in [-0.15, -0.1) is 11.3 Å². The third-order valence-corrected chi connectivity index (χ3v) is 4.27. The maximum absolute atomic E-state index is 5.34. The summed E-state index contributed by atoms with van der Waals surface area (Å²) in [5.74, 6) is 0. The Hall–Kier alpha value is -0.450. The molecule has 0 saturated carbocycles.